The first-order valence-corrected chi connectivity index (χ1v) is 6.28. The molecule has 0 aliphatic heterocycles. The van der Waals surface area contributed by atoms with Gasteiger partial charge in [-0.25, -0.2) is 4.98 Å². The first kappa shape index (κ1) is 13.5. The van der Waals surface area contributed by atoms with E-state index in [0.717, 1.165) is 11.3 Å². The standard InChI is InChI=1S/C15H19N3O/c1-15(2,3)13-7-11(9-16)8-14(18-13)19-12-5-4-6-17-10-12/h4-8,10H,9,16H2,1-3H3. The summed E-state index contributed by atoms with van der Waals surface area (Å²) in [6.07, 6.45) is 3.37. The zero-order valence-corrected chi connectivity index (χ0v) is 11.6. The van der Waals surface area contributed by atoms with Crippen molar-refractivity contribution in [2.24, 2.45) is 5.73 Å². The van der Waals surface area contributed by atoms with E-state index in [0.29, 0.717) is 18.2 Å². The van der Waals surface area contributed by atoms with E-state index in [1.165, 1.54) is 0 Å². The monoisotopic (exact) mass is 257 g/mol. The van der Waals surface area contributed by atoms with Crippen LogP contribution in [0.2, 0.25) is 0 Å². The summed E-state index contributed by atoms with van der Waals surface area (Å²) >= 11 is 0. The molecule has 2 rings (SSSR count). The smallest absolute Gasteiger partial charge is 0.219 e. The number of hydrogen-bond acceptors (Lipinski definition) is 4. The highest BCUT2D eigenvalue weighted by Gasteiger charge is 2.17. The van der Waals surface area contributed by atoms with Gasteiger partial charge in [-0.05, 0) is 23.8 Å². The lowest BCUT2D eigenvalue weighted by Gasteiger charge is -2.19. The number of nitrogens with two attached hydrogens (primary N) is 1. The molecule has 100 valence electrons. The number of aromatic nitrogens is 2. The van der Waals surface area contributed by atoms with Gasteiger partial charge in [0.25, 0.3) is 0 Å². The van der Waals surface area contributed by atoms with Crippen molar-refractivity contribution in [3.8, 4) is 11.6 Å². The summed E-state index contributed by atoms with van der Waals surface area (Å²) in [5.74, 6) is 1.23. The van der Waals surface area contributed by atoms with Gasteiger partial charge >= 0.3 is 0 Å². The molecule has 4 nitrogen and oxygen atoms in total. The van der Waals surface area contributed by atoms with Crippen molar-refractivity contribution >= 4 is 0 Å². The Morgan fingerprint density at radius 3 is 2.63 bits per heavy atom. The summed E-state index contributed by atoms with van der Waals surface area (Å²) in [7, 11) is 0. The van der Waals surface area contributed by atoms with Crippen LogP contribution in [-0.2, 0) is 12.0 Å². The normalized spacial score (nSPS) is 11.4. The van der Waals surface area contributed by atoms with Crippen LogP contribution in [0, 0.1) is 0 Å². The molecule has 0 aromatic carbocycles. The van der Waals surface area contributed by atoms with Crippen LogP contribution < -0.4 is 10.5 Å². The van der Waals surface area contributed by atoms with Gasteiger partial charge in [0.1, 0.15) is 5.75 Å². The molecule has 0 aliphatic rings. The van der Waals surface area contributed by atoms with Crippen LogP contribution in [0.25, 0.3) is 0 Å². The summed E-state index contributed by atoms with van der Waals surface area (Å²) in [6.45, 7) is 6.81. The minimum Gasteiger partial charge on any atom is -0.437 e. The lowest BCUT2D eigenvalue weighted by molar-refractivity contribution is 0.449. The van der Waals surface area contributed by atoms with E-state index in [1.807, 2.05) is 24.3 Å². The highest BCUT2D eigenvalue weighted by atomic mass is 16.5. The highest BCUT2D eigenvalue weighted by molar-refractivity contribution is 5.31. The van der Waals surface area contributed by atoms with E-state index >= 15 is 0 Å². The molecule has 0 aliphatic carbocycles. The molecule has 0 saturated carbocycles. The Morgan fingerprint density at radius 1 is 1.26 bits per heavy atom. The molecule has 4 heteroatoms. The molecule has 2 aromatic heterocycles. The maximum Gasteiger partial charge on any atom is 0.219 e. The van der Waals surface area contributed by atoms with Crippen molar-refractivity contribution in [3.05, 3.63) is 47.9 Å². The van der Waals surface area contributed by atoms with Crippen molar-refractivity contribution < 1.29 is 4.74 Å². The maximum absolute atomic E-state index is 5.73. The first-order valence-electron chi connectivity index (χ1n) is 6.28. The Labute approximate surface area is 113 Å². The van der Waals surface area contributed by atoms with Gasteiger partial charge in [-0.15, -0.1) is 0 Å². The van der Waals surface area contributed by atoms with Gasteiger partial charge in [0.15, 0.2) is 0 Å². The molecule has 0 saturated heterocycles. The summed E-state index contributed by atoms with van der Waals surface area (Å²) in [5, 5.41) is 0. The third-order valence-corrected chi connectivity index (χ3v) is 2.72. The molecule has 2 heterocycles. The van der Waals surface area contributed by atoms with Gasteiger partial charge in [0.2, 0.25) is 5.88 Å². The van der Waals surface area contributed by atoms with E-state index in [1.54, 1.807) is 12.4 Å². The fourth-order valence-corrected chi connectivity index (χ4v) is 1.64. The third-order valence-electron chi connectivity index (χ3n) is 2.72. The van der Waals surface area contributed by atoms with Crippen LogP contribution in [0.15, 0.2) is 36.7 Å². The molecule has 2 aromatic rings. The first-order chi connectivity index (χ1) is 8.99. The molecular weight excluding hydrogens is 238 g/mol. The molecule has 0 fully saturated rings. The van der Waals surface area contributed by atoms with Crippen molar-refractivity contribution in [1.82, 2.24) is 9.97 Å². The van der Waals surface area contributed by atoms with Crippen LogP contribution in [0.4, 0.5) is 0 Å². The van der Waals surface area contributed by atoms with Gasteiger partial charge in [-0.2, -0.15) is 0 Å². The van der Waals surface area contributed by atoms with Crippen molar-refractivity contribution in [2.75, 3.05) is 0 Å². The average molecular weight is 257 g/mol. The minimum absolute atomic E-state index is 0.0434. The molecule has 0 unspecified atom stereocenters. The van der Waals surface area contributed by atoms with Gasteiger partial charge in [0, 0.05) is 24.2 Å². The molecule has 0 bridgehead atoms. The number of ether oxygens (including phenoxy) is 1. The lowest BCUT2D eigenvalue weighted by Crippen LogP contribution is -2.15. The van der Waals surface area contributed by atoms with Gasteiger partial charge in [0.05, 0.1) is 11.9 Å². The lowest BCUT2D eigenvalue weighted by atomic mass is 9.91. The fraction of sp³-hybridized carbons (Fsp3) is 0.333. The quantitative estimate of drug-likeness (QED) is 0.918. The van der Waals surface area contributed by atoms with Gasteiger partial charge in [-0.3, -0.25) is 4.98 Å². The maximum atomic E-state index is 5.73. The van der Waals surface area contributed by atoms with E-state index < -0.39 is 0 Å². The van der Waals surface area contributed by atoms with Crippen LogP contribution >= 0.6 is 0 Å². The predicted octanol–water partition coefficient (Wildman–Crippen LogP) is 3.03. The Morgan fingerprint density at radius 2 is 2.05 bits per heavy atom. The zero-order valence-electron chi connectivity index (χ0n) is 11.6. The fourth-order valence-electron chi connectivity index (χ4n) is 1.64. The van der Waals surface area contributed by atoms with Crippen LogP contribution in [0.1, 0.15) is 32.0 Å². The zero-order chi connectivity index (χ0) is 13.9. The summed E-state index contributed by atoms with van der Waals surface area (Å²) in [6, 6.07) is 7.56. The number of rotatable bonds is 3. The van der Waals surface area contributed by atoms with Crippen molar-refractivity contribution in [2.45, 2.75) is 32.7 Å². The molecular formula is C15H19N3O. The molecule has 0 radical (unpaired) electrons. The predicted molar refractivity (Wildman–Crippen MR) is 75.1 cm³/mol. The van der Waals surface area contributed by atoms with Gasteiger partial charge < -0.3 is 10.5 Å². The summed E-state index contributed by atoms with van der Waals surface area (Å²) < 4.78 is 5.73. The number of nitrogens with zero attached hydrogens (tertiary/aromatic N) is 2. The summed E-state index contributed by atoms with van der Waals surface area (Å²) in [4.78, 5) is 8.56. The third kappa shape index (κ3) is 3.51. The molecule has 0 amide bonds. The highest BCUT2D eigenvalue weighted by Crippen LogP contribution is 2.26. The SMILES string of the molecule is CC(C)(C)c1cc(CN)cc(Oc2cccnc2)n1. The molecule has 0 atom stereocenters. The van der Waals surface area contributed by atoms with E-state index in [4.69, 9.17) is 10.5 Å². The minimum atomic E-state index is -0.0434. The van der Waals surface area contributed by atoms with E-state index in [9.17, 15) is 0 Å². The number of pyridine rings is 2. The Kier molecular flexibility index (Phi) is 3.81. The van der Waals surface area contributed by atoms with Crippen LogP contribution in [-0.4, -0.2) is 9.97 Å². The van der Waals surface area contributed by atoms with Crippen LogP contribution in [0.3, 0.4) is 0 Å². The van der Waals surface area contributed by atoms with Gasteiger partial charge in [-0.1, -0.05) is 20.8 Å². The van der Waals surface area contributed by atoms with Crippen molar-refractivity contribution in [3.63, 3.8) is 0 Å². The molecule has 2 N–H and O–H groups in total. The topological polar surface area (TPSA) is 61.0 Å². The Hall–Kier alpha value is -1.94. The summed E-state index contributed by atoms with van der Waals surface area (Å²) in [5.41, 5.74) is 7.66. The Balaban J connectivity index is 2.35. The van der Waals surface area contributed by atoms with E-state index in [2.05, 4.69) is 30.7 Å². The van der Waals surface area contributed by atoms with E-state index in [-0.39, 0.29) is 5.41 Å². The number of hydrogen-bond donors (Lipinski definition) is 1. The molecule has 19 heavy (non-hydrogen) atoms. The largest absolute Gasteiger partial charge is 0.437 e. The second-order valence-corrected chi connectivity index (χ2v) is 5.44. The molecule has 0 spiro atoms. The van der Waals surface area contributed by atoms with Crippen LogP contribution in [0.5, 0.6) is 11.6 Å². The van der Waals surface area contributed by atoms with Crippen molar-refractivity contribution in [1.29, 1.82) is 0 Å². The second-order valence-electron chi connectivity index (χ2n) is 5.44. The Bertz CT molecular complexity index is 547. The second kappa shape index (κ2) is 5.36. The average Bonchev–Trinajstić information content (AvgIpc) is 2.38.